The predicted molar refractivity (Wildman–Crippen MR) is 135 cm³/mol. The number of carbonyl (C=O) groups is 2. The Kier molecular flexibility index (Phi) is 8.26. The van der Waals surface area contributed by atoms with Gasteiger partial charge in [0, 0.05) is 17.6 Å². The van der Waals surface area contributed by atoms with Crippen molar-refractivity contribution in [3.05, 3.63) is 70.7 Å². The van der Waals surface area contributed by atoms with Crippen LogP contribution in [-0.4, -0.2) is 43.9 Å². The maximum Gasteiger partial charge on any atom is 0.263 e. The van der Waals surface area contributed by atoms with Gasteiger partial charge in [0.2, 0.25) is 15.9 Å². The van der Waals surface area contributed by atoms with Gasteiger partial charge in [-0.15, -0.1) is 11.3 Å². The third-order valence-corrected chi connectivity index (χ3v) is 7.30. The van der Waals surface area contributed by atoms with Gasteiger partial charge in [0.25, 0.3) is 5.91 Å². The molecule has 0 aliphatic heterocycles. The number of ether oxygens (including phenoxy) is 1. The third kappa shape index (κ3) is 7.61. The van der Waals surface area contributed by atoms with Gasteiger partial charge in [-0.2, -0.15) is 0 Å². The minimum absolute atomic E-state index is 0.0821. The molecule has 186 valence electrons. The van der Waals surface area contributed by atoms with Crippen LogP contribution in [-0.2, 0) is 21.2 Å². The van der Waals surface area contributed by atoms with Crippen molar-refractivity contribution in [3.8, 4) is 5.75 Å². The molecule has 1 unspecified atom stereocenters. The largest absolute Gasteiger partial charge is 0.497 e. The van der Waals surface area contributed by atoms with Gasteiger partial charge in [0.1, 0.15) is 16.7 Å². The number of nitrogens with zero attached hydrogens (tertiary/aromatic N) is 1. The Morgan fingerprint density at radius 2 is 1.71 bits per heavy atom. The van der Waals surface area contributed by atoms with Crippen LogP contribution in [0.15, 0.2) is 65.1 Å². The molecule has 0 aliphatic rings. The quantitative estimate of drug-likeness (QED) is 0.401. The molecule has 0 bridgehead atoms. The molecule has 9 nitrogen and oxygen atoms in total. The molecule has 3 rings (SSSR count). The lowest BCUT2D eigenvalue weighted by Gasteiger charge is -2.21. The van der Waals surface area contributed by atoms with E-state index in [2.05, 4.69) is 20.3 Å². The molecule has 0 spiro atoms. The molecule has 1 aromatic heterocycles. The SMILES string of the molecule is COc1ccc(CC(NC(=O)c2cncs2)C(=O)Nc2ccc(S(=O)(=O)NC(C)(C)C)cc2)cc1. The van der Waals surface area contributed by atoms with Gasteiger partial charge in [-0.05, 0) is 62.7 Å². The minimum atomic E-state index is -3.70. The van der Waals surface area contributed by atoms with Crippen LogP contribution in [0.1, 0.15) is 36.0 Å². The first-order chi connectivity index (χ1) is 16.5. The molecule has 0 saturated carbocycles. The third-order valence-electron chi connectivity index (χ3n) is 4.75. The van der Waals surface area contributed by atoms with E-state index in [1.54, 1.807) is 40.0 Å². The van der Waals surface area contributed by atoms with E-state index >= 15 is 0 Å². The topological polar surface area (TPSA) is 126 Å². The van der Waals surface area contributed by atoms with E-state index in [-0.39, 0.29) is 11.3 Å². The standard InChI is InChI=1S/C24H28N4O5S2/c1-24(2,3)28-35(31,32)19-11-7-17(8-12-19)26-22(29)20(27-23(30)21-14-25-15-34-21)13-16-5-9-18(33-4)10-6-16/h5-12,14-15,20,28H,13H2,1-4H3,(H,26,29)(H,27,30). The average molecular weight is 517 g/mol. The lowest BCUT2D eigenvalue weighted by Crippen LogP contribution is -2.45. The fraction of sp³-hybridized carbons (Fsp3) is 0.292. The first-order valence-corrected chi connectivity index (χ1v) is 13.1. The monoisotopic (exact) mass is 516 g/mol. The van der Waals surface area contributed by atoms with Gasteiger partial charge in [0.15, 0.2) is 0 Å². The second-order valence-corrected chi connectivity index (χ2v) is 11.4. The number of hydrogen-bond acceptors (Lipinski definition) is 7. The van der Waals surface area contributed by atoms with Crippen molar-refractivity contribution in [3.63, 3.8) is 0 Å². The Morgan fingerprint density at radius 1 is 1.06 bits per heavy atom. The lowest BCUT2D eigenvalue weighted by atomic mass is 10.0. The van der Waals surface area contributed by atoms with E-state index in [9.17, 15) is 18.0 Å². The van der Waals surface area contributed by atoms with E-state index in [4.69, 9.17) is 4.74 Å². The Bertz CT molecular complexity index is 1250. The van der Waals surface area contributed by atoms with E-state index < -0.39 is 33.4 Å². The highest BCUT2D eigenvalue weighted by molar-refractivity contribution is 7.89. The summed E-state index contributed by atoms with van der Waals surface area (Å²) in [6.45, 7) is 5.26. The van der Waals surface area contributed by atoms with Gasteiger partial charge < -0.3 is 15.4 Å². The maximum absolute atomic E-state index is 13.1. The molecule has 2 aromatic carbocycles. The average Bonchev–Trinajstić information content (AvgIpc) is 3.33. The Morgan fingerprint density at radius 3 is 2.26 bits per heavy atom. The molecule has 0 aliphatic carbocycles. The molecule has 11 heteroatoms. The van der Waals surface area contributed by atoms with E-state index in [0.717, 1.165) is 5.56 Å². The van der Waals surface area contributed by atoms with Gasteiger partial charge in [-0.25, -0.2) is 13.1 Å². The van der Waals surface area contributed by atoms with E-state index in [1.165, 1.54) is 47.3 Å². The van der Waals surface area contributed by atoms with Crippen molar-refractivity contribution in [2.75, 3.05) is 12.4 Å². The fourth-order valence-electron chi connectivity index (χ4n) is 3.17. The number of nitrogens with one attached hydrogen (secondary N) is 3. The van der Waals surface area contributed by atoms with E-state index in [1.807, 2.05) is 12.1 Å². The number of carbonyl (C=O) groups excluding carboxylic acids is 2. The Hall–Kier alpha value is -3.28. The number of rotatable bonds is 9. The van der Waals surface area contributed by atoms with Crippen LogP contribution in [0, 0.1) is 0 Å². The van der Waals surface area contributed by atoms with Gasteiger partial charge in [0.05, 0.1) is 23.7 Å². The van der Waals surface area contributed by atoms with Gasteiger partial charge in [-0.3, -0.25) is 14.6 Å². The molecule has 1 atom stereocenters. The van der Waals surface area contributed by atoms with E-state index in [0.29, 0.717) is 16.3 Å². The maximum atomic E-state index is 13.1. The summed E-state index contributed by atoms with van der Waals surface area (Å²) in [5.41, 5.74) is 2.13. The Balaban J connectivity index is 1.76. The van der Waals surface area contributed by atoms with Crippen LogP contribution in [0.5, 0.6) is 5.75 Å². The zero-order valence-corrected chi connectivity index (χ0v) is 21.5. The normalized spacial score (nSPS) is 12.6. The fourth-order valence-corrected chi connectivity index (χ4v) is 5.11. The van der Waals surface area contributed by atoms with Crippen LogP contribution >= 0.6 is 11.3 Å². The number of aromatic nitrogens is 1. The summed E-state index contributed by atoms with van der Waals surface area (Å²) in [4.78, 5) is 30.1. The van der Waals surface area contributed by atoms with Crippen molar-refractivity contribution >= 4 is 38.9 Å². The first kappa shape index (κ1) is 26.3. The Labute approximate surface area is 209 Å². The molecular weight excluding hydrogens is 488 g/mol. The zero-order valence-electron chi connectivity index (χ0n) is 19.9. The van der Waals surface area contributed by atoms with Crippen molar-refractivity contribution in [2.45, 2.75) is 43.7 Å². The van der Waals surface area contributed by atoms with Crippen molar-refractivity contribution in [1.29, 1.82) is 0 Å². The number of sulfonamides is 1. The highest BCUT2D eigenvalue weighted by Crippen LogP contribution is 2.18. The molecule has 1 heterocycles. The van der Waals surface area contributed by atoms with Crippen molar-refractivity contribution < 1.29 is 22.7 Å². The van der Waals surface area contributed by atoms with Crippen LogP contribution in [0.25, 0.3) is 0 Å². The second-order valence-electron chi connectivity index (χ2n) is 8.81. The summed E-state index contributed by atoms with van der Waals surface area (Å²) in [5, 5.41) is 5.52. The predicted octanol–water partition coefficient (Wildman–Crippen LogP) is 3.21. The molecular formula is C24H28N4O5S2. The van der Waals surface area contributed by atoms with Crippen LogP contribution < -0.4 is 20.1 Å². The summed E-state index contributed by atoms with van der Waals surface area (Å²) in [6, 6.07) is 12.1. The van der Waals surface area contributed by atoms with Crippen LogP contribution in [0.4, 0.5) is 5.69 Å². The number of anilines is 1. The van der Waals surface area contributed by atoms with Gasteiger partial charge >= 0.3 is 0 Å². The summed E-state index contributed by atoms with van der Waals surface area (Å²) in [6.07, 6.45) is 1.68. The molecule has 0 fully saturated rings. The van der Waals surface area contributed by atoms with Crippen molar-refractivity contribution in [1.82, 2.24) is 15.0 Å². The number of benzene rings is 2. The molecule has 3 aromatic rings. The molecule has 2 amide bonds. The molecule has 0 radical (unpaired) electrons. The summed E-state index contributed by atoms with van der Waals surface area (Å²) < 4.78 is 32.8. The lowest BCUT2D eigenvalue weighted by molar-refractivity contribution is -0.118. The molecule has 35 heavy (non-hydrogen) atoms. The second kappa shape index (κ2) is 11.0. The summed E-state index contributed by atoms with van der Waals surface area (Å²) in [5.74, 6) is -0.169. The minimum Gasteiger partial charge on any atom is -0.497 e. The van der Waals surface area contributed by atoms with Crippen molar-refractivity contribution in [2.24, 2.45) is 0 Å². The number of methoxy groups -OCH3 is 1. The highest BCUT2D eigenvalue weighted by atomic mass is 32.2. The first-order valence-electron chi connectivity index (χ1n) is 10.7. The smallest absolute Gasteiger partial charge is 0.263 e. The van der Waals surface area contributed by atoms with Crippen LogP contribution in [0.3, 0.4) is 0 Å². The van der Waals surface area contributed by atoms with Gasteiger partial charge in [-0.1, -0.05) is 12.1 Å². The number of thiazole rings is 1. The number of hydrogen-bond donors (Lipinski definition) is 3. The zero-order chi connectivity index (χ0) is 25.6. The molecule has 0 saturated heterocycles. The summed E-state index contributed by atoms with van der Waals surface area (Å²) in [7, 11) is -2.14. The number of amides is 2. The van der Waals surface area contributed by atoms with Crippen LogP contribution in [0.2, 0.25) is 0 Å². The molecule has 3 N–H and O–H groups in total. The summed E-state index contributed by atoms with van der Waals surface area (Å²) >= 11 is 1.17. The highest BCUT2D eigenvalue weighted by Gasteiger charge is 2.24.